The highest BCUT2D eigenvalue weighted by atomic mass is 16.6. The van der Waals surface area contributed by atoms with Crippen LogP contribution in [0.3, 0.4) is 0 Å². The lowest BCUT2D eigenvalue weighted by Gasteiger charge is -2.13. The summed E-state index contributed by atoms with van der Waals surface area (Å²) in [5, 5.41) is 10.6. The Morgan fingerprint density at radius 1 is 1.26 bits per heavy atom. The summed E-state index contributed by atoms with van der Waals surface area (Å²) in [5.74, 6) is -0.302. The van der Waals surface area contributed by atoms with Gasteiger partial charge in [0.2, 0.25) is 0 Å². The zero-order valence-corrected chi connectivity index (χ0v) is 10.6. The molecule has 1 saturated heterocycles. The fourth-order valence-corrected chi connectivity index (χ4v) is 2.11. The molecule has 1 unspecified atom stereocenters. The average Bonchev–Trinajstić information content (AvgIpc) is 2.60. The lowest BCUT2D eigenvalue weighted by atomic mass is 10.2. The monoisotopic (exact) mass is 263 g/mol. The van der Waals surface area contributed by atoms with E-state index in [4.69, 9.17) is 0 Å². The second kappa shape index (κ2) is 4.68. The number of carbonyl (C=O) groups excluding carboxylic acids is 2. The van der Waals surface area contributed by atoms with Crippen molar-refractivity contribution in [2.75, 3.05) is 11.9 Å². The van der Waals surface area contributed by atoms with Gasteiger partial charge < -0.3 is 4.90 Å². The molecule has 1 atom stereocenters. The normalized spacial score (nSPS) is 19.2. The van der Waals surface area contributed by atoms with E-state index < -0.39 is 17.0 Å². The number of non-ortho nitro benzene ring substituents is 1. The van der Waals surface area contributed by atoms with Crippen molar-refractivity contribution in [1.82, 2.24) is 4.90 Å². The summed E-state index contributed by atoms with van der Waals surface area (Å²) in [6.45, 7) is 1.83. The molecule has 0 saturated carbocycles. The number of urea groups is 1. The molecule has 100 valence electrons. The maximum atomic E-state index is 12.1. The van der Waals surface area contributed by atoms with Crippen LogP contribution in [-0.4, -0.2) is 34.9 Å². The summed E-state index contributed by atoms with van der Waals surface area (Å²) in [6.07, 6.45) is 0.532. The van der Waals surface area contributed by atoms with E-state index in [1.54, 1.807) is 7.05 Å². The molecule has 7 heteroatoms. The largest absolute Gasteiger partial charge is 0.331 e. The minimum atomic E-state index is -0.529. The van der Waals surface area contributed by atoms with E-state index >= 15 is 0 Å². The first-order valence-corrected chi connectivity index (χ1v) is 5.82. The number of imide groups is 1. The Balaban J connectivity index is 2.34. The van der Waals surface area contributed by atoms with Gasteiger partial charge in [0, 0.05) is 19.2 Å². The molecule has 0 bridgehead atoms. The molecule has 1 aromatic rings. The summed E-state index contributed by atoms with van der Waals surface area (Å²) >= 11 is 0. The predicted octanol–water partition coefficient (Wildman–Crippen LogP) is 1.77. The number of nitro groups is 1. The zero-order chi connectivity index (χ0) is 14.2. The third kappa shape index (κ3) is 2.03. The molecule has 1 aromatic carbocycles. The Morgan fingerprint density at radius 3 is 2.26 bits per heavy atom. The number of amides is 3. The van der Waals surface area contributed by atoms with Gasteiger partial charge in [-0.1, -0.05) is 6.92 Å². The topological polar surface area (TPSA) is 83.8 Å². The number of anilines is 1. The molecule has 1 fully saturated rings. The average molecular weight is 263 g/mol. The molecule has 1 aliphatic rings. The Morgan fingerprint density at radius 2 is 1.84 bits per heavy atom. The Hall–Kier alpha value is -2.44. The predicted molar refractivity (Wildman–Crippen MR) is 67.8 cm³/mol. The SMILES string of the molecule is CCC1C(=O)N(c2ccc([N+](=O)[O-])cc2)C(=O)N1C. The van der Waals surface area contributed by atoms with Crippen molar-refractivity contribution in [3.8, 4) is 0 Å². The van der Waals surface area contributed by atoms with Crippen molar-refractivity contribution in [2.24, 2.45) is 0 Å². The molecule has 0 radical (unpaired) electrons. The van der Waals surface area contributed by atoms with Crippen LogP contribution in [0.4, 0.5) is 16.2 Å². The lowest BCUT2D eigenvalue weighted by Crippen LogP contribution is -2.31. The first kappa shape index (κ1) is 13.0. The van der Waals surface area contributed by atoms with Crippen molar-refractivity contribution < 1.29 is 14.5 Å². The van der Waals surface area contributed by atoms with Crippen molar-refractivity contribution in [3.05, 3.63) is 34.4 Å². The molecule has 2 rings (SSSR count). The van der Waals surface area contributed by atoms with Crippen LogP contribution < -0.4 is 4.90 Å². The van der Waals surface area contributed by atoms with Crippen LogP contribution in [0.1, 0.15) is 13.3 Å². The standard InChI is InChI=1S/C12H13N3O4/c1-3-10-11(16)14(12(17)13(10)2)8-4-6-9(7-5-8)15(18)19/h4-7,10H,3H2,1-2H3. The number of nitrogens with zero attached hydrogens (tertiary/aromatic N) is 3. The van der Waals surface area contributed by atoms with Crippen LogP contribution in [0.5, 0.6) is 0 Å². The molecule has 7 nitrogen and oxygen atoms in total. The van der Waals surface area contributed by atoms with Crippen LogP contribution in [0, 0.1) is 10.1 Å². The maximum absolute atomic E-state index is 12.1. The molecule has 3 amide bonds. The Kier molecular flexibility index (Phi) is 3.20. The molecule has 0 aliphatic carbocycles. The van der Waals surface area contributed by atoms with E-state index in [2.05, 4.69) is 0 Å². The van der Waals surface area contributed by atoms with Crippen molar-refractivity contribution in [1.29, 1.82) is 0 Å². The summed E-state index contributed by atoms with van der Waals surface area (Å²) in [4.78, 5) is 36.6. The molecule has 0 spiro atoms. The molecule has 0 aromatic heterocycles. The summed E-state index contributed by atoms with van der Waals surface area (Å²) in [7, 11) is 1.57. The number of benzene rings is 1. The van der Waals surface area contributed by atoms with Gasteiger partial charge in [0.25, 0.3) is 11.6 Å². The minimum Gasteiger partial charge on any atom is -0.315 e. The van der Waals surface area contributed by atoms with Crippen LogP contribution >= 0.6 is 0 Å². The van der Waals surface area contributed by atoms with Crippen LogP contribution in [0.2, 0.25) is 0 Å². The summed E-state index contributed by atoms with van der Waals surface area (Å²) in [6, 6.07) is 4.47. The van der Waals surface area contributed by atoms with Crippen molar-refractivity contribution in [3.63, 3.8) is 0 Å². The Labute approximate surface area is 109 Å². The third-order valence-electron chi connectivity index (χ3n) is 3.17. The van der Waals surface area contributed by atoms with Crippen molar-refractivity contribution in [2.45, 2.75) is 19.4 Å². The molecule has 1 heterocycles. The Bertz CT molecular complexity index is 540. The number of hydrogen-bond donors (Lipinski definition) is 0. The highest BCUT2D eigenvalue weighted by molar-refractivity contribution is 6.21. The highest BCUT2D eigenvalue weighted by Gasteiger charge is 2.42. The minimum absolute atomic E-state index is 0.0803. The summed E-state index contributed by atoms with van der Waals surface area (Å²) in [5.41, 5.74) is 0.270. The van der Waals surface area contributed by atoms with E-state index in [-0.39, 0.29) is 11.6 Å². The van der Waals surface area contributed by atoms with Crippen molar-refractivity contribution >= 4 is 23.3 Å². The van der Waals surface area contributed by atoms with Gasteiger partial charge in [-0.3, -0.25) is 14.9 Å². The zero-order valence-electron chi connectivity index (χ0n) is 10.6. The molecule has 0 N–H and O–H groups in total. The number of carbonyl (C=O) groups is 2. The van der Waals surface area contributed by atoms with E-state index in [0.29, 0.717) is 12.1 Å². The first-order chi connectivity index (χ1) is 8.97. The number of likely N-dealkylation sites (N-methyl/N-ethyl adjacent to an activating group) is 1. The second-order valence-corrected chi connectivity index (χ2v) is 4.26. The van der Waals surface area contributed by atoms with Gasteiger partial charge in [0.1, 0.15) is 6.04 Å². The van der Waals surface area contributed by atoms with E-state index in [1.165, 1.54) is 29.2 Å². The first-order valence-electron chi connectivity index (χ1n) is 5.82. The fourth-order valence-electron chi connectivity index (χ4n) is 2.11. The quantitative estimate of drug-likeness (QED) is 0.472. The maximum Gasteiger partial charge on any atom is 0.331 e. The number of rotatable bonds is 3. The molecule has 19 heavy (non-hydrogen) atoms. The van der Waals surface area contributed by atoms with Gasteiger partial charge in [-0.25, -0.2) is 9.69 Å². The smallest absolute Gasteiger partial charge is 0.315 e. The highest BCUT2D eigenvalue weighted by Crippen LogP contribution is 2.26. The second-order valence-electron chi connectivity index (χ2n) is 4.26. The van der Waals surface area contributed by atoms with Gasteiger partial charge in [0.15, 0.2) is 0 Å². The molecular formula is C12H13N3O4. The summed E-state index contributed by atoms with van der Waals surface area (Å²) < 4.78 is 0. The van der Waals surface area contributed by atoms with Gasteiger partial charge >= 0.3 is 6.03 Å². The van der Waals surface area contributed by atoms with Gasteiger partial charge in [-0.15, -0.1) is 0 Å². The number of nitro benzene ring substituents is 1. The van der Waals surface area contributed by atoms with E-state index in [0.717, 1.165) is 4.90 Å². The van der Waals surface area contributed by atoms with Crippen LogP contribution in [-0.2, 0) is 4.79 Å². The van der Waals surface area contributed by atoms with Gasteiger partial charge in [0.05, 0.1) is 10.6 Å². The lowest BCUT2D eigenvalue weighted by molar-refractivity contribution is -0.384. The van der Waals surface area contributed by atoms with E-state index in [9.17, 15) is 19.7 Å². The van der Waals surface area contributed by atoms with Gasteiger partial charge in [-0.05, 0) is 18.6 Å². The third-order valence-corrected chi connectivity index (χ3v) is 3.17. The number of hydrogen-bond acceptors (Lipinski definition) is 4. The molecular weight excluding hydrogens is 250 g/mol. The van der Waals surface area contributed by atoms with Crippen LogP contribution in [0.25, 0.3) is 0 Å². The van der Waals surface area contributed by atoms with Crippen LogP contribution in [0.15, 0.2) is 24.3 Å². The van der Waals surface area contributed by atoms with E-state index in [1.807, 2.05) is 6.92 Å². The van der Waals surface area contributed by atoms with Gasteiger partial charge in [-0.2, -0.15) is 0 Å². The molecule has 1 aliphatic heterocycles. The fraction of sp³-hybridized carbons (Fsp3) is 0.333.